The van der Waals surface area contributed by atoms with Gasteiger partial charge in [-0.15, -0.1) is 0 Å². The summed E-state index contributed by atoms with van der Waals surface area (Å²) in [7, 11) is 3.16. The summed E-state index contributed by atoms with van der Waals surface area (Å²) >= 11 is 7.05. The smallest absolute Gasteiger partial charge is 0.338 e. The molecule has 1 aliphatic heterocycles. The summed E-state index contributed by atoms with van der Waals surface area (Å²) in [5, 5.41) is 0. The molecule has 1 atom stereocenters. The average Bonchev–Trinajstić information content (AvgIpc) is 3.34. The molecular weight excluding hydrogens is 771 g/mol. The number of hydrogen-bond donors (Lipinski definition) is 0. The van der Waals surface area contributed by atoms with Gasteiger partial charge >= 0.3 is 5.97 Å². The SMILES string of the molecule is CCCC1=C(C(=O)OCC)[C@@H](c2cc(Br)ccc2OC)n2c(s/c(=C/c3cc(I)c(OCc4ccccc4)c(OC)c3)c2=O)=N1. The molecule has 0 radical (unpaired) electrons. The molecule has 0 aliphatic carbocycles. The monoisotopic (exact) mass is 802 g/mol. The lowest BCUT2D eigenvalue weighted by Crippen LogP contribution is -2.40. The van der Waals surface area contributed by atoms with Crippen LogP contribution in [-0.2, 0) is 16.1 Å². The maximum absolute atomic E-state index is 14.2. The third-order valence-corrected chi connectivity index (χ3v) is 9.43. The Hall–Kier alpha value is -3.42. The van der Waals surface area contributed by atoms with Crippen molar-refractivity contribution in [2.75, 3.05) is 20.8 Å². The largest absolute Gasteiger partial charge is 0.496 e. The van der Waals surface area contributed by atoms with Crippen molar-refractivity contribution in [2.24, 2.45) is 4.99 Å². The van der Waals surface area contributed by atoms with E-state index < -0.39 is 12.0 Å². The Morgan fingerprint density at radius 1 is 1.07 bits per heavy atom. The molecule has 45 heavy (non-hydrogen) atoms. The maximum atomic E-state index is 14.2. The number of benzene rings is 3. The van der Waals surface area contributed by atoms with Gasteiger partial charge in [-0.2, -0.15) is 0 Å². The molecular formula is C34H32BrIN2O6S. The maximum Gasteiger partial charge on any atom is 0.338 e. The van der Waals surface area contributed by atoms with E-state index in [0.717, 1.165) is 25.6 Å². The quantitative estimate of drug-likeness (QED) is 0.127. The molecule has 1 aliphatic rings. The number of esters is 1. The molecule has 4 aromatic rings. The molecule has 0 N–H and O–H groups in total. The van der Waals surface area contributed by atoms with Crippen LogP contribution in [0.4, 0.5) is 0 Å². The van der Waals surface area contributed by atoms with Crippen LogP contribution in [0.1, 0.15) is 49.4 Å². The Morgan fingerprint density at radius 3 is 2.51 bits per heavy atom. The number of methoxy groups -OCH3 is 2. The Labute approximate surface area is 287 Å². The fourth-order valence-corrected chi connectivity index (χ4v) is 7.36. The minimum absolute atomic E-state index is 0.194. The molecule has 0 unspecified atom stereocenters. The molecule has 0 fully saturated rings. The second-order valence-electron chi connectivity index (χ2n) is 10.1. The Balaban J connectivity index is 1.66. The third kappa shape index (κ3) is 7.05. The second-order valence-corrected chi connectivity index (χ2v) is 13.2. The zero-order valence-corrected chi connectivity index (χ0v) is 29.8. The number of allylic oxidation sites excluding steroid dienone is 1. The van der Waals surface area contributed by atoms with Crippen molar-refractivity contribution >= 4 is 61.9 Å². The van der Waals surface area contributed by atoms with E-state index in [4.69, 9.17) is 23.9 Å². The second kappa shape index (κ2) is 14.8. The number of hydrogen-bond acceptors (Lipinski definition) is 8. The van der Waals surface area contributed by atoms with Crippen LogP contribution < -0.4 is 29.1 Å². The molecule has 11 heteroatoms. The molecule has 8 nitrogen and oxygen atoms in total. The van der Waals surface area contributed by atoms with Gasteiger partial charge < -0.3 is 18.9 Å². The van der Waals surface area contributed by atoms with Crippen LogP contribution >= 0.6 is 49.9 Å². The first-order valence-electron chi connectivity index (χ1n) is 14.4. The highest BCUT2D eigenvalue weighted by atomic mass is 127. The van der Waals surface area contributed by atoms with Gasteiger partial charge in [0.05, 0.1) is 40.2 Å². The van der Waals surface area contributed by atoms with Crippen molar-refractivity contribution in [2.45, 2.75) is 39.3 Å². The summed E-state index contributed by atoms with van der Waals surface area (Å²) in [5.74, 6) is 1.23. The van der Waals surface area contributed by atoms with E-state index >= 15 is 0 Å². The lowest BCUT2D eigenvalue weighted by Gasteiger charge is -2.27. The molecule has 234 valence electrons. The first-order chi connectivity index (χ1) is 21.8. The number of aromatic nitrogens is 1. The lowest BCUT2D eigenvalue weighted by atomic mass is 9.93. The van der Waals surface area contributed by atoms with Gasteiger partial charge in [0.15, 0.2) is 16.3 Å². The van der Waals surface area contributed by atoms with Gasteiger partial charge in [0, 0.05) is 10.0 Å². The minimum Gasteiger partial charge on any atom is -0.496 e. The number of ether oxygens (including phenoxy) is 4. The van der Waals surface area contributed by atoms with E-state index in [1.165, 1.54) is 11.3 Å². The molecule has 0 saturated carbocycles. The van der Waals surface area contributed by atoms with Crippen LogP contribution in [0.5, 0.6) is 17.2 Å². The molecule has 0 spiro atoms. The van der Waals surface area contributed by atoms with Gasteiger partial charge in [-0.25, -0.2) is 9.79 Å². The van der Waals surface area contributed by atoms with Gasteiger partial charge in [-0.05, 0) is 83.5 Å². The van der Waals surface area contributed by atoms with Crippen LogP contribution in [0, 0.1) is 3.57 Å². The van der Waals surface area contributed by atoms with E-state index in [1.54, 1.807) is 25.7 Å². The molecule has 0 bridgehead atoms. The van der Waals surface area contributed by atoms with Crippen molar-refractivity contribution in [3.63, 3.8) is 0 Å². The zero-order valence-electron chi connectivity index (χ0n) is 25.3. The van der Waals surface area contributed by atoms with Gasteiger partial charge in [0.2, 0.25) is 0 Å². The van der Waals surface area contributed by atoms with Gasteiger partial charge in [-0.3, -0.25) is 9.36 Å². The average molecular weight is 804 g/mol. The first-order valence-corrected chi connectivity index (χ1v) is 17.1. The Bertz CT molecular complexity index is 1940. The van der Waals surface area contributed by atoms with Crippen molar-refractivity contribution in [1.82, 2.24) is 4.57 Å². The number of carbonyl (C=O) groups excluding carboxylic acids is 1. The molecule has 0 saturated heterocycles. The Morgan fingerprint density at radius 2 is 1.82 bits per heavy atom. The van der Waals surface area contributed by atoms with Crippen LogP contribution in [-0.4, -0.2) is 31.4 Å². The van der Waals surface area contributed by atoms with Gasteiger partial charge in [0.1, 0.15) is 18.4 Å². The lowest BCUT2D eigenvalue weighted by molar-refractivity contribution is -0.139. The number of thiazole rings is 1. The number of rotatable bonds is 11. The summed E-state index contributed by atoms with van der Waals surface area (Å²) in [6.07, 6.45) is 3.12. The number of fused-ring (bicyclic) bond motifs is 1. The molecule has 5 rings (SSSR count). The van der Waals surface area contributed by atoms with Crippen molar-refractivity contribution in [1.29, 1.82) is 0 Å². The number of nitrogens with zero attached hydrogens (tertiary/aromatic N) is 2. The zero-order chi connectivity index (χ0) is 32.1. The topological polar surface area (TPSA) is 88.4 Å². The van der Waals surface area contributed by atoms with Crippen molar-refractivity contribution < 1.29 is 23.7 Å². The predicted molar refractivity (Wildman–Crippen MR) is 187 cm³/mol. The van der Waals surface area contributed by atoms with Gasteiger partial charge in [0.25, 0.3) is 5.56 Å². The predicted octanol–water partition coefficient (Wildman–Crippen LogP) is 6.54. The first kappa shape index (κ1) is 33.0. The third-order valence-electron chi connectivity index (χ3n) is 7.15. The summed E-state index contributed by atoms with van der Waals surface area (Å²) in [5.41, 5.74) is 3.13. The van der Waals surface area contributed by atoms with Crippen LogP contribution in [0.2, 0.25) is 0 Å². The highest BCUT2D eigenvalue weighted by Gasteiger charge is 2.36. The van der Waals surface area contributed by atoms with Gasteiger partial charge in [-0.1, -0.05) is 70.9 Å². The fourth-order valence-electron chi connectivity index (χ4n) is 5.18. The summed E-state index contributed by atoms with van der Waals surface area (Å²) in [4.78, 5) is 33.1. The fraction of sp³-hybridized carbons (Fsp3) is 0.265. The number of carbonyl (C=O) groups is 1. The van der Waals surface area contributed by atoms with Crippen LogP contribution in [0.25, 0.3) is 6.08 Å². The van der Waals surface area contributed by atoms with E-state index in [2.05, 4.69) is 38.5 Å². The highest BCUT2D eigenvalue weighted by Crippen LogP contribution is 2.39. The normalized spacial score (nSPS) is 14.5. The van der Waals surface area contributed by atoms with Crippen molar-refractivity contribution in [3.8, 4) is 17.2 Å². The minimum atomic E-state index is -0.792. The number of halogens is 2. The molecule has 0 amide bonds. The molecule has 3 aromatic carbocycles. The van der Waals surface area contributed by atoms with Crippen LogP contribution in [0.3, 0.4) is 0 Å². The Kier molecular flexibility index (Phi) is 10.8. The van der Waals surface area contributed by atoms with Crippen LogP contribution in [0.15, 0.2) is 86.2 Å². The van der Waals surface area contributed by atoms with E-state index in [9.17, 15) is 9.59 Å². The summed E-state index contributed by atoms with van der Waals surface area (Å²) < 4.78 is 26.7. The molecule has 2 heterocycles. The summed E-state index contributed by atoms with van der Waals surface area (Å²) in [6.45, 7) is 4.38. The standard InChI is InChI=1S/C34H32BrIN2O6S/c1-5-10-25-29(33(40)43-6-2)30(23-18-22(35)13-14-26(23)41-3)38-32(39)28(45-34(38)37-25)17-21-15-24(36)31(27(16-21)42-4)44-19-20-11-8-7-9-12-20/h7-9,11-18,30H,5-6,10,19H2,1-4H3/b28-17+/t30-/m1/s1. The van der Waals surface area contributed by atoms with E-state index in [-0.39, 0.29) is 12.2 Å². The van der Waals surface area contributed by atoms with E-state index in [1.807, 2.05) is 73.7 Å². The van der Waals surface area contributed by atoms with Crippen molar-refractivity contribution in [3.05, 3.63) is 116 Å². The summed E-state index contributed by atoms with van der Waals surface area (Å²) in [6, 6.07) is 18.5. The highest BCUT2D eigenvalue weighted by molar-refractivity contribution is 14.1. The van der Waals surface area contributed by atoms with E-state index in [0.29, 0.717) is 56.4 Å². The molecule has 1 aromatic heterocycles.